The summed E-state index contributed by atoms with van der Waals surface area (Å²) in [4.78, 5) is 11.6. The highest BCUT2D eigenvalue weighted by molar-refractivity contribution is 5.89. The van der Waals surface area contributed by atoms with Gasteiger partial charge in [0.2, 0.25) is 0 Å². The summed E-state index contributed by atoms with van der Waals surface area (Å²) in [5.41, 5.74) is 0.675. The first-order chi connectivity index (χ1) is 12.5. The van der Waals surface area contributed by atoms with E-state index in [1.807, 2.05) is 6.92 Å². The van der Waals surface area contributed by atoms with Gasteiger partial charge in [0, 0.05) is 6.61 Å². The van der Waals surface area contributed by atoms with E-state index in [1.165, 1.54) is 31.0 Å². The molecule has 2 atom stereocenters. The Kier molecular flexibility index (Phi) is 11.0. The smallest absolute Gasteiger partial charge is 0.336 e. The van der Waals surface area contributed by atoms with Crippen molar-refractivity contribution in [1.82, 2.24) is 0 Å². The Balaban J connectivity index is 2.86. The molecule has 2 unspecified atom stereocenters. The summed E-state index contributed by atoms with van der Waals surface area (Å²) in [5, 5.41) is 19.3. The predicted molar refractivity (Wildman–Crippen MR) is 103 cm³/mol. The molecule has 1 aromatic rings. The molecule has 5 heteroatoms. The molecule has 5 nitrogen and oxygen atoms in total. The van der Waals surface area contributed by atoms with Gasteiger partial charge in [-0.05, 0) is 43.0 Å². The van der Waals surface area contributed by atoms with E-state index in [9.17, 15) is 15.0 Å². The normalized spacial score (nSPS) is 13.5. The molecule has 0 aliphatic rings. The van der Waals surface area contributed by atoms with Crippen molar-refractivity contribution >= 4 is 5.97 Å². The second kappa shape index (κ2) is 12.7. The van der Waals surface area contributed by atoms with Crippen molar-refractivity contribution in [2.75, 3.05) is 6.61 Å². The lowest BCUT2D eigenvalue weighted by molar-refractivity contribution is -0.178. The van der Waals surface area contributed by atoms with E-state index < -0.39 is 12.1 Å². The number of aromatic hydroxyl groups is 1. The molecule has 0 amide bonds. The number of aromatic carboxylic acids is 1. The standard InChI is InChI=1S/C21H34O5/c1-4-7-8-9-14-25-20(11-6-3)26-19(10-5-2)18-15-16(22)12-13-17(18)21(23)24/h12-13,15,19-20,22H,4-11,14H2,1-3H3,(H,23,24). The SMILES string of the molecule is CCCCCCOC(CCC)OC(CCC)c1cc(O)ccc1C(=O)O. The first kappa shape index (κ1) is 22.5. The monoisotopic (exact) mass is 366 g/mol. The molecule has 0 fully saturated rings. The quantitative estimate of drug-likeness (QED) is 0.328. The Morgan fingerprint density at radius 3 is 2.38 bits per heavy atom. The fraction of sp³-hybridized carbons (Fsp3) is 0.667. The molecule has 26 heavy (non-hydrogen) atoms. The van der Waals surface area contributed by atoms with Crippen LogP contribution in [0.15, 0.2) is 18.2 Å². The number of phenolic OH excluding ortho intramolecular Hbond substituents is 1. The zero-order valence-electron chi connectivity index (χ0n) is 16.4. The lowest BCUT2D eigenvalue weighted by atomic mass is 9.98. The van der Waals surface area contributed by atoms with Crippen molar-refractivity contribution in [3.05, 3.63) is 29.3 Å². The summed E-state index contributed by atoms with van der Waals surface area (Å²) >= 11 is 0. The molecule has 148 valence electrons. The van der Waals surface area contributed by atoms with Crippen LogP contribution < -0.4 is 0 Å². The van der Waals surface area contributed by atoms with Crippen molar-refractivity contribution < 1.29 is 24.5 Å². The number of ether oxygens (including phenoxy) is 2. The Morgan fingerprint density at radius 1 is 1.04 bits per heavy atom. The van der Waals surface area contributed by atoms with Crippen molar-refractivity contribution in [1.29, 1.82) is 0 Å². The molecule has 0 saturated carbocycles. The van der Waals surface area contributed by atoms with Crippen LogP contribution in [0.2, 0.25) is 0 Å². The van der Waals surface area contributed by atoms with Gasteiger partial charge >= 0.3 is 5.97 Å². The first-order valence-electron chi connectivity index (χ1n) is 9.86. The third-order valence-electron chi connectivity index (χ3n) is 4.31. The largest absolute Gasteiger partial charge is 0.508 e. The van der Waals surface area contributed by atoms with E-state index in [1.54, 1.807) is 0 Å². The topological polar surface area (TPSA) is 76.0 Å². The minimum atomic E-state index is -1.02. The number of rotatable bonds is 14. The van der Waals surface area contributed by atoms with Crippen LogP contribution in [0.3, 0.4) is 0 Å². The number of carbonyl (C=O) groups is 1. The molecular weight excluding hydrogens is 332 g/mol. The fourth-order valence-electron chi connectivity index (χ4n) is 2.92. The van der Waals surface area contributed by atoms with E-state index in [-0.39, 0.29) is 17.6 Å². The van der Waals surface area contributed by atoms with Crippen LogP contribution >= 0.6 is 0 Å². The van der Waals surface area contributed by atoms with Gasteiger partial charge in [0.15, 0.2) is 6.29 Å². The molecule has 0 aliphatic heterocycles. The second-order valence-electron chi connectivity index (χ2n) is 6.64. The summed E-state index contributed by atoms with van der Waals surface area (Å²) in [6.45, 7) is 6.92. The molecule has 0 saturated heterocycles. The number of unbranched alkanes of at least 4 members (excludes halogenated alkanes) is 3. The highest BCUT2D eigenvalue weighted by Gasteiger charge is 2.23. The molecular formula is C21H34O5. The van der Waals surface area contributed by atoms with Gasteiger partial charge in [-0.3, -0.25) is 0 Å². The van der Waals surface area contributed by atoms with Gasteiger partial charge in [0.05, 0.1) is 11.7 Å². The Hall–Kier alpha value is -1.59. The summed E-state index contributed by atoms with van der Waals surface area (Å²) in [6, 6.07) is 4.32. The number of carboxylic acid groups (broad SMARTS) is 1. The second-order valence-corrected chi connectivity index (χ2v) is 6.64. The van der Waals surface area contributed by atoms with Crippen LogP contribution in [0, 0.1) is 0 Å². The van der Waals surface area contributed by atoms with Crippen LogP contribution in [0.5, 0.6) is 5.75 Å². The molecule has 0 aliphatic carbocycles. The highest BCUT2D eigenvalue weighted by atomic mass is 16.7. The maximum atomic E-state index is 11.6. The van der Waals surface area contributed by atoms with Crippen LogP contribution in [0.25, 0.3) is 0 Å². The number of hydrogen-bond acceptors (Lipinski definition) is 4. The molecule has 0 spiro atoms. The molecule has 1 aromatic carbocycles. The third kappa shape index (κ3) is 7.75. The minimum absolute atomic E-state index is 0.0437. The van der Waals surface area contributed by atoms with Gasteiger partial charge in [-0.25, -0.2) is 4.79 Å². The lowest BCUT2D eigenvalue weighted by Crippen LogP contribution is -2.22. The van der Waals surface area contributed by atoms with Crippen molar-refractivity contribution in [3.63, 3.8) is 0 Å². The van der Waals surface area contributed by atoms with Gasteiger partial charge in [0.1, 0.15) is 5.75 Å². The number of hydrogen-bond donors (Lipinski definition) is 2. The zero-order chi connectivity index (χ0) is 19.4. The van der Waals surface area contributed by atoms with Crippen LogP contribution in [-0.4, -0.2) is 29.1 Å². The van der Waals surface area contributed by atoms with Crippen molar-refractivity contribution in [2.45, 2.75) is 84.5 Å². The maximum absolute atomic E-state index is 11.6. The molecule has 0 bridgehead atoms. The Morgan fingerprint density at radius 2 is 1.77 bits per heavy atom. The van der Waals surface area contributed by atoms with Gasteiger partial charge in [-0.15, -0.1) is 0 Å². The van der Waals surface area contributed by atoms with Gasteiger partial charge in [0.25, 0.3) is 0 Å². The summed E-state index contributed by atoms with van der Waals surface area (Å²) in [7, 11) is 0. The summed E-state index contributed by atoms with van der Waals surface area (Å²) in [6.07, 6.45) is 6.95. The summed E-state index contributed by atoms with van der Waals surface area (Å²) in [5.74, 6) is -0.973. The Labute approximate surface area is 157 Å². The average molecular weight is 366 g/mol. The molecule has 2 N–H and O–H groups in total. The van der Waals surface area contributed by atoms with Gasteiger partial charge in [-0.1, -0.05) is 52.9 Å². The predicted octanol–water partition coefficient (Wildman–Crippen LogP) is 5.67. The average Bonchev–Trinajstić information content (AvgIpc) is 2.60. The van der Waals surface area contributed by atoms with E-state index in [4.69, 9.17) is 9.47 Å². The molecule has 0 aromatic heterocycles. The van der Waals surface area contributed by atoms with Crippen LogP contribution in [0.1, 0.15) is 94.2 Å². The lowest BCUT2D eigenvalue weighted by Gasteiger charge is -2.26. The first-order valence-corrected chi connectivity index (χ1v) is 9.86. The van der Waals surface area contributed by atoms with E-state index in [2.05, 4.69) is 13.8 Å². The van der Waals surface area contributed by atoms with E-state index in [0.717, 1.165) is 32.1 Å². The van der Waals surface area contributed by atoms with E-state index >= 15 is 0 Å². The van der Waals surface area contributed by atoms with Crippen LogP contribution in [0.4, 0.5) is 0 Å². The van der Waals surface area contributed by atoms with Gasteiger partial charge in [-0.2, -0.15) is 0 Å². The van der Waals surface area contributed by atoms with Crippen molar-refractivity contribution in [3.8, 4) is 5.75 Å². The number of phenols is 1. The maximum Gasteiger partial charge on any atom is 0.336 e. The van der Waals surface area contributed by atoms with Gasteiger partial charge < -0.3 is 19.7 Å². The highest BCUT2D eigenvalue weighted by Crippen LogP contribution is 2.31. The third-order valence-corrected chi connectivity index (χ3v) is 4.31. The molecule has 0 radical (unpaired) electrons. The van der Waals surface area contributed by atoms with E-state index in [0.29, 0.717) is 18.6 Å². The summed E-state index contributed by atoms with van der Waals surface area (Å²) < 4.78 is 12.1. The Bertz CT molecular complexity index is 529. The van der Waals surface area contributed by atoms with Crippen LogP contribution in [-0.2, 0) is 9.47 Å². The number of carboxylic acids is 1. The molecule has 1 rings (SSSR count). The number of benzene rings is 1. The van der Waals surface area contributed by atoms with Crippen molar-refractivity contribution in [2.24, 2.45) is 0 Å². The zero-order valence-corrected chi connectivity index (χ0v) is 16.4. The fourth-order valence-corrected chi connectivity index (χ4v) is 2.92. The molecule has 0 heterocycles. The minimum Gasteiger partial charge on any atom is -0.508 e.